The SMILES string of the molecule is CS(=O)(=O)n1cccc1CN(CCc1c[nH]c2ccccc12)C1CCc2cc(C=CC(=O)NO)ccc21. The molecular weight excluding hydrogens is 488 g/mol. The van der Waals surface area contributed by atoms with Gasteiger partial charge >= 0.3 is 0 Å². The molecule has 0 fully saturated rings. The molecule has 2 heterocycles. The molecule has 8 nitrogen and oxygen atoms in total. The molecule has 0 saturated carbocycles. The number of carbonyl (C=O) groups is 1. The highest BCUT2D eigenvalue weighted by Crippen LogP contribution is 2.37. The third kappa shape index (κ3) is 5.39. The quantitative estimate of drug-likeness (QED) is 0.176. The predicted molar refractivity (Wildman–Crippen MR) is 144 cm³/mol. The molecule has 1 atom stereocenters. The van der Waals surface area contributed by atoms with Gasteiger partial charge in [-0.25, -0.2) is 17.9 Å². The molecule has 0 spiro atoms. The van der Waals surface area contributed by atoms with Crippen LogP contribution in [0.3, 0.4) is 0 Å². The van der Waals surface area contributed by atoms with Crippen LogP contribution in [0.25, 0.3) is 17.0 Å². The first-order valence-electron chi connectivity index (χ1n) is 12.2. The number of hydroxylamine groups is 1. The number of para-hydroxylation sites is 1. The zero-order valence-corrected chi connectivity index (χ0v) is 21.4. The number of H-pyrrole nitrogens is 1. The van der Waals surface area contributed by atoms with Gasteiger partial charge in [-0.1, -0.05) is 36.4 Å². The lowest BCUT2D eigenvalue weighted by Gasteiger charge is -2.30. The molecule has 0 aliphatic heterocycles. The summed E-state index contributed by atoms with van der Waals surface area (Å²) in [5, 5.41) is 9.92. The van der Waals surface area contributed by atoms with Crippen molar-refractivity contribution in [3.63, 3.8) is 0 Å². The van der Waals surface area contributed by atoms with E-state index in [0.29, 0.717) is 6.54 Å². The Morgan fingerprint density at radius 3 is 2.86 bits per heavy atom. The average Bonchev–Trinajstić information content (AvgIpc) is 3.63. The Labute approximate surface area is 216 Å². The molecule has 192 valence electrons. The van der Waals surface area contributed by atoms with Gasteiger partial charge in [-0.15, -0.1) is 0 Å². The van der Waals surface area contributed by atoms with E-state index in [1.807, 2.05) is 24.3 Å². The highest BCUT2D eigenvalue weighted by molar-refractivity contribution is 7.89. The van der Waals surface area contributed by atoms with Crippen LogP contribution in [-0.4, -0.2) is 46.2 Å². The largest absolute Gasteiger partial charge is 0.361 e. The summed E-state index contributed by atoms with van der Waals surface area (Å²) in [6.07, 6.45) is 10.5. The minimum Gasteiger partial charge on any atom is -0.361 e. The van der Waals surface area contributed by atoms with Crippen molar-refractivity contribution in [2.45, 2.75) is 31.8 Å². The second kappa shape index (κ2) is 10.4. The number of fused-ring (bicyclic) bond motifs is 2. The molecule has 9 heteroatoms. The van der Waals surface area contributed by atoms with E-state index in [1.165, 1.54) is 38.4 Å². The number of carbonyl (C=O) groups excluding carboxylic acids is 1. The molecular formula is C28H30N4O4S. The molecule has 2 aromatic heterocycles. The minimum atomic E-state index is -3.40. The van der Waals surface area contributed by atoms with E-state index in [2.05, 4.69) is 40.3 Å². The van der Waals surface area contributed by atoms with Crippen molar-refractivity contribution in [2.75, 3.05) is 12.8 Å². The van der Waals surface area contributed by atoms with Gasteiger partial charge in [0.15, 0.2) is 0 Å². The van der Waals surface area contributed by atoms with Crippen LogP contribution in [0.5, 0.6) is 0 Å². The summed E-state index contributed by atoms with van der Waals surface area (Å²) < 4.78 is 26.1. The molecule has 4 aromatic rings. The van der Waals surface area contributed by atoms with Gasteiger partial charge in [0.25, 0.3) is 5.91 Å². The van der Waals surface area contributed by atoms with Gasteiger partial charge in [-0.2, -0.15) is 0 Å². The van der Waals surface area contributed by atoms with E-state index in [-0.39, 0.29) is 6.04 Å². The number of aromatic amines is 1. The first kappa shape index (κ1) is 25.0. The molecule has 1 amide bonds. The second-order valence-corrected chi connectivity index (χ2v) is 11.3. The van der Waals surface area contributed by atoms with Gasteiger partial charge in [0.05, 0.1) is 6.26 Å². The maximum atomic E-state index is 12.4. The lowest BCUT2D eigenvalue weighted by molar-refractivity contribution is -0.124. The summed E-state index contributed by atoms with van der Waals surface area (Å²) >= 11 is 0. The summed E-state index contributed by atoms with van der Waals surface area (Å²) in [7, 11) is -3.40. The average molecular weight is 519 g/mol. The van der Waals surface area contributed by atoms with E-state index in [4.69, 9.17) is 5.21 Å². The number of hydrogen-bond donors (Lipinski definition) is 3. The molecule has 0 bridgehead atoms. The molecule has 1 aliphatic carbocycles. The Morgan fingerprint density at radius 1 is 1.22 bits per heavy atom. The van der Waals surface area contributed by atoms with Crippen LogP contribution in [0.1, 0.15) is 40.4 Å². The number of hydrogen-bond acceptors (Lipinski definition) is 5. The molecule has 0 saturated heterocycles. The van der Waals surface area contributed by atoms with Gasteiger partial charge in [-0.3, -0.25) is 14.9 Å². The van der Waals surface area contributed by atoms with Crippen LogP contribution >= 0.6 is 0 Å². The molecule has 2 aromatic carbocycles. The summed E-state index contributed by atoms with van der Waals surface area (Å²) in [5.74, 6) is -0.573. The summed E-state index contributed by atoms with van der Waals surface area (Å²) in [5.41, 5.74) is 8.01. The van der Waals surface area contributed by atoms with Crippen molar-refractivity contribution in [3.05, 3.63) is 101 Å². The van der Waals surface area contributed by atoms with Crippen LogP contribution in [0, 0.1) is 0 Å². The summed E-state index contributed by atoms with van der Waals surface area (Å²) in [6.45, 7) is 1.27. The van der Waals surface area contributed by atoms with Crippen molar-refractivity contribution in [1.82, 2.24) is 19.3 Å². The van der Waals surface area contributed by atoms with Crippen LogP contribution < -0.4 is 5.48 Å². The summed E-state index contributed by atoms with van der Waals surface area (Å²) in [6, 6.07) is 18.2. The minimum absolute atomic E-state index is 0.141. The van der Waals surface area contributed by atoms with Gasteiger partial charge in [0.1, 0.15) is 0 Å². The predicted octanol–water partition coefficient (Wildman–Crippen LogP) is 4.03. The number of nitrogens with zero attached hydrogens (tertiary/aromatic N) is 2. The normalized spacial score (nSPS) is 15.6. The van der Waals surface area contributed by atoms with Crippen LogP contribution in [0.15, 0.2) is 73.1 Å². The lowest BCUT2D eigenvalue weighted by atomic mass is 10.0. The second-order valence-electron chi connectivity index (χ2n) is 9.46. The van der Waals surface area contributed by atoms with Gasteiger partial charge in [-0.05, 0) is 65.8 Å². The first-order valence-corrected chi connectivity index (χ1v) is 14.1. The lowest BCUT2D eigenvalue weighted by Crippen LogP contribution is -2.31. The molecule has 0 radical (unpaired) electrons. The first-order chi connectivity index (χ1) is 17.8. The Kier molecular flexibility index (Phi) is 7.01. The maximum absolute atomic E-state index is 12.4. The number of nitrogens with one attached hydrogen (secondary N) is 2. The third-order valence-electron chi connectivity index (χ3n) is 7.05. The molecule has 37 heavy (non-hydrogen) atoms. The Bertz CT molecular complexity index is 1570. The fourth-order valence-corrected chi connectivity index (χ4v) is 6.15. The van der Waals surface area contributed by atoms with Crippen molar-refractivity contribution in [2.24, 2.45) is 0 Å². The van der Waals surface area contributed by atoms with Crippen molar-refractivity contribution >= 4 is 32.9 Å². The topological polar surface area (TPSA) is 107 Å². The number of amides is 1. The van der Waals surface area contributed by atoms with E-state index >= 15 is 0 Å². The molecule has 1 aliphatic rings. The Morgan fingerprint density at radius 2 is 2.05 bits per heavy atom. The number of aryl methyl sites for hydroxylation is 1. The fourth-order valence-electron chi connectivity index (χ4n) is 5.31. The zero-order chi connectivity index (χ0) is 26.0. The van der Waals surface area contributed by atoms with Crippen LogP contribution in [0.4, 0.5) is 0 Å². The highest BCUT2D eigenvalue weighted by Gasteiger charge is 2.29. The van der Waals surface area contributed by atoms with Crippen LogP contribution in [0.2, 0.25) is 0 Å². The van der Waals surface area contributed by atoms with Crippen molar-refractivity contribution in [1.29, 1.82) is 0 Å². The van der Waals surface area contributed by atoms with Gasteiger partial charge in [0.2, 0.25) is 10.0 Å². The molecule has 1 unspecified atom stereocenters. The highest BCUT2D eigenvalue weighted by atomic mass is 32.2. The van der Waals surface area contributed by atoms with E-state index in [0.717, 1.165) is 42.6 Å². The van der Waals surface area contributed by atoms with Crippen LogP contribution in [-0.2, 0) is 34.2 Å². The smallest absolute Gasteiger partial charge is 0.267 e. The summed E-state index contributed by atoms with van der Waals surface area (Å²) in [4.78, 5) is 17.1. The van der Waals surface area contributed by atoms with Crippen molar-refractivity contribution in [3.8, 4) is 0 Å². The maximum Gasteiger partial charge on any atom is 0.267 e. The van der Waals surface area contributed by atoms with E-state index in [9.17, 15) is 13.2 Å². The zero-order valence-electron chi connectivity index (χ0n) is 20.6. The third-order valence-corrected chi connectivity index (χ3v) is 8.12. The number of benzene rings is 2. The van der Waals surface area contributed by atoms with Gasteiger partial charge < -0.3 is 4.98 Å². The number of aromatic nitrogens is 2. The molecule has 5 rings (SSSR count). The monoisotopic (exact) mass is 518 g/mol. The molecule has 3 N–H and O–H groups in total. The standard InChI is InChI=1S/C28H30N4O4S/c1-37(35,36)32-15-4-5-23(32)19-31(16-14-22-18-29-26-7-3-2-6-24(22)26)27-12-10-21-17-20(8-11-25(21)27)9-13-28(33)30-34/h2-9,11,13,15,17-18,27,29,34H,10,12,14,16,19H2,1H3,(H,30,33). The number of rotatable bonds is 9. The van der Waals surface area contributed by atoms with Gasteiger partial charge in [0, 0.05) is 54.2 Å². The van der Waals surface area contributed by atoms with E-state index < -0.39 is 15.9 Å². The van der Waals surface area contributed by atoms with Crippen molar-refractivity contribution < 1.29 is 18.4 Å². The Balaban J connectivity index is 1.44. The van der Waals surface area contributed by atoms with E-state index in [1.54, 1.807) is 23.8 Å². The Hall–Kier alpha value is -3.66. The fraction of sp³-hybridized carbons (Fsp3) is 0.250.